The maximum atomic E-state index is 8.23. The van der Waals surface area contributed by atoms with Crippen molar-refractivity contribution in [3.63, 3.8) is 0 Å². The molecule has 39 heavy (non-hydrogen) atoms. The van der Waals surface area contributed by atoms with Gasteiger partial charge in [-0.2, -0.15) is 0 Å². The summed E-state index contributed by atoms with van der Waals surface area (Å²) in [7, 11) is 0. The average molecular weight is 515 g/mol. The van der Waals surface area contributed by atoms with Crippen LogP contribution in [-0.4, -0.2) is 15.0 Å². The minimum absolute atomic E-state index is 0.246. The van der Waals surface area contributed by atoms with E-state index in [-0.39, 0.29) is 5.56 Å². The summed E-state index contributed by atoms with van der Waals surface area (Å²) in [6.07, 6.45) is 0. The van der Waals surface area contributed by atoms with Crippen LogP contribution in [0.1, 0.15) is 57.3 Å². The molecule has 0 aliphatic carbocycles. The number of benzene rings is 2. The van der Waals surface area contributed by atoms with E-state index in [0.29, 0.717) is 27.8 Å². The van der Waals surface area contributed by atoms with Crippen LogP contribution in [0.3, 0.4) is 0 Å². The molecule has 0 N–H and O–H groups in total. The second kappa shape index (κ2) is 9.16. The molecule has 0 saturated carbocycles. The van der Waals surface area contributed by atoms with Crippen LogP contribution >= 0.6 is 0 Å². The van der Waals surface area contributed by atoms with Crippen LogP contribution in [-0.2, 0) is 5.41 Å². The highest BCUT2D eigenvalue weighted by Gasteiger charge is 2.29. The predicted molar refractivity (Wildman–Crippen MR) is 160 cm³/mol. The maximum Gasteiger partial charge on any atom is 0.227 e. The van der Waals surface area contributed by atoms with Gasteiger partial charge in [0, 0.05) is 37.1 Å². The van der Waals surface area contributed by atoms with E-state index in [1.807, 2.05) is 57.2 Å². The molecule has 0 bridgehead atoms. The van der Waals surface area contributed by atoms with E-state index in [9.17, 15) is 0 Å². The van der Waals surface area contributed by atoms with Gasteiger partial charge in [0.2, 0.25) is 5.71 Å². The van der Waals surface area contributed by atoms with E-state index in [4.69, 9.17) is 18.5 Å². The Kier molecular flexibility index (Phi) is 5.07. The molecular weight excluding hydrogens is 478 g/mol. The van der Waals surface area contributed by atoms with Gasteiger partial charge in [0.15, 0.2) is 0 Å². The Labute approximate surface area is 234 Å². The lowest BCUT2D eigenvalue weighted by atomic mass is 9.83. The van der Waals surface area contributed by atoms with Gasteiger partial charge in [-0.05, 0) is 107 Å². The normalized spacial score (nSPS) is 13.4. The zero-order valence-electron chi connectivity index (χ0n) is 26.2. The quantitative estimate of drug-likeness (QED) is 0.236. The lowest BCUT2D eigenvalue weighted by molar-refractivity contribution is 0.595. The van der Waals surface area contributed by atoms with Crippen molar-refractivity contribution >= 4 is 22.1 Å². The first kappa shape index (κ1) is 21.6. The number of fused-ring (bicyclic) bond motifs is 3. The van der Waals surface area contributed by atoms with Crippen LogP contribution in [0.4, 0.5) is 0 Å². The summed E-state index contributed by atoms with van der Waals surface area (Å²) in [4.78, 5) is 14.9. The number of hydrogen-bond donors (Lipinski definition) is 0. The molecule has 6 rings (SSSR count). The number of rotatable bonds is 4. The smallest absolute Gasteiger partial charge is 0.227 e. The third-order valence-electron chi connectivity index (χ3n) is 7.62. The van der Waals surface area contributed by atoms with E-state index in [1.165, 1.54) is 0 Å². The third kappa shape index (κ3) is 4.30. The Morgan fingerprint density at radius 1 is 0.718 bits per heavy atom. The van der Waals surface area contributed by atoms with Crippen molar-refractivity contribution in [2.75, 3.05) is 0 Å². The van der Waals surface area contributed by atoms with Crippen LogP contribution in [0.5, 0.6) is 0 Å². The molecule has 0 atom stereocenters. The van der Waals surface area contributed by atoms with E-state index >= 15 is 0 Å². The average Bonchev–Trinajstić information content (AvgIpc) is 3.29. The second-order valence-corrected chi connectivity index (χ2v) is 11.0. The fraction of sp³-hybridized carbons (Fsp3) is 0.229. The van der Waals surface area contributed by atoms with E-state index in [2.05, 4.69) is 56.1 Å². The monoisotopic (exact) mass is 514 g/mol. The van der Waals surface area contributed by atoms with Crippen LogP contribution in [0.2, 0.25) is 0 Å². The Bertz CT molecular complexity index is 1990. The van der Waals surface area contributed by atoms with Crippen molar-refractivity contribution in [1.29, 1.82) is 0 Å². The molecule has 0 aliphatic rings. The van der Waals surface area contributed by atoms with Crippen molar-refractivity contribution in [3.05, 3.63) is 112 Å². The van der Waals surface area contributed by atoms with Gasteiger partial charge in [0.05, 0.1) is 22.8 Å². The summed E-state index contributed by atoms with van der Waals surface area (Å²) in [6.45, 7) is 9.99. The maximum absolute atomic E-state index is 8.23. The Morgan fingerprint density at radius 3 is 2.08 bits per heavy atom. The van der Waals surface area contributed by atoms with Gasteiger partial charge in [-0.1, -0.05) is 36.4 Å². The molecular formula is C35H33N3O. The summed E-state index contributed by atoms with van der Waals surface area (Å²) >= 11 is 0. The summed E-state index contributed by atoms with van der Waals surface area (Å²) in [5, 5.41) is 1.27. The van der Waals surface area contributed by atoms with Crippen LogP contribution in [0, 0.1) is 34.5 Å². The zero-order valence-corrected chi connectivity index (χ0v) is 23.2. The van der Waals surface area contributed by atoms with Crippen molar-refractivity contribution in [2.24, 2.45) is 0 Å². The molecule has 0 amide bonds. The summed E-state index contributed by atoms with van der Waals surface area (Å²) in [6, 6.07) is 24.0. The Hall–Kier alpha value is -4.31. The highest BCUT2D eigenvalue weighted by molar-refractivity contribution is 6.10. The molecule has 2 aromatic carbocycles. The molecule has 4 heterocycles. The van der Waals surface area contributed by atoms with Gasteiger partial charge in [-0.25, -0.2) is 4.98 Å². The molecule has 0 spiro atoms. The largest absolute Gasteiger partial charge is 0.437 e. The third-order valence-corrected chi connectivity index (χ3v) is 7.62. The lowest BCUT2D eigenvalue weighted by Crippen LogP contribution is -2.23. The summed E-state index contributed by atoms with van der Waals surface area (Å²) in [5.41, 5.74) is 9.85. The van der Waals surface area contributed by atoms with Crippen LogP contribution in [0.15, 0.2) is 77.2 Å². The lowest BCUT2D eigenvalue weighted by Gasteiger charge is -2.26. The van der Waals surface area contributed by atoms with Crippen molar-refractivity contribution in [2.45, 2.75) is 53.8 Å². The molecule has 0 unspecified atom stereocenters. The standard InChI is InChI=1S/C35H33N3O/c1-20-15-28(25-11-9-8-10-12-25)37-30(17-20)35(6,7)31-18-21(2)16-29(38-31)26-14-13-22(3)32-27-19-23(4)24(5)36-34(27)39-33(26)32/h8-19H,1-7H3/i3D3. The van der Waals surface area contributed by atoms with Gasteiger partial charge in [-0.3, -0.25) is 9.97 Å². The number of aromatic nitrogens is 3. The zero-order chi connectivity index (χ0) is 30.0. The van der Waals surface area contributed by atoms with Crippen LogP contribution in [0.25, 0.3) is 44.6 Å². The molecule has 6 aromatic rings. The molecule has 4 nitrogen and oxygen atoms in total. The summed E-state index contributed by atoms with van der Waals surface area (Å²) in [5.74, 6) is 0. The van der Waals surface area contributed by atoms with Gasteiger partial charge in [0.25, 0.3) is 0 Å². The highest BCUT2D eigenvalue weighted by Crippen LogP contribution is 2.39. The van der Waals surface area contributed by atoms with Gasteiger partial charge >= 0.3 is 0 Å². The number of pyridine rings is 3. The molecule has 4 heteroatoms. The van der Waals surface area contributed by atoms with E-state index in [0.717, 1.165) is 50.6 Å². The number of nitrogens with zero attached hydrogens (tertiary/aromatic N) is 3. The van der Waals surface area contributed by atoms with Gasteiger partial charge in [-0.15, -0.1) is 0 Å². The topological polar surface area (TPSA) is 51.8 Å². The van der Waals surface area contributed by atoms with Crippen molar-refractivity contribution in [3.8, 4) is 22.5 Å². The van der Waals surface area contributed by atoms with Crippen molar-refractivity contribution < 1.29 is 8.53 Å². The number of hydrogen-bond acceptors (Lipinski definition) is 4. The first-order valence-corrected chi connectivity index (χ1v) is 13.2. The highest BCUT2D eigenvalue weighted by atomic mass is 16.3. The Balaban J connectivity index is 1.55. The van der Waals surface area contributed by atoms with E-state index in [1.54, 1.807) is 6.07 Å². The van der Waals surface area contributed by atoms with Gasteiger partial charge < -0.3 is 4.42 Å². The first-order chi connectivity index (χ1) is 19.8. The summed E-state index contributed by atoms with van der Waals surface area (Å²) < 4.78 is 31.0. The molecule has 4 aromatic heterocycles. The van der Waals surface area contributed by atoms with Crippen LogP contribution < -0.4 is 0 Å². The number of furan rings is 1. The molecule has 0 fully saturated rings. The fourth-order valence-corrected chi connectivity index (χ4v) is 5.20. The fourth-order valence-electron chi connectivity index (χ4n) is 5.20. The second-order valence-electron chi connectivity index (χ2n) is 11.0. The van der Waals surface area contributed by atoms with Gasteiger partial charge in [0.1, 0.15) is 5.58 Å². The predicted octanol–water partition coefficient (Wildman–Crippen LogP) is 8.97. The van der Waals surface area contributed by atoms with Crippen molar-refractivity contribution in [1.82, 2.24) is 15.0 Å². The molecule has 0 saturated heterocycles. The minimum Gasteiger partial charge on any atom is -0.437 e. The molecule has 0 radical (unpaired) electrons. The Morgan fingerprint density at radius 2 is 1.38 bits per heavy atom. The number of aryl methyl sites for hydroxylation is 5. The SMILES string of the molecule is [2H]C([2H])([2H])c1ccc(-c2cc(C)cc(C(C)(C)c3cc(C)cc(-c4ccccc4)n3)n2)c2oc3nc(C)c(C)cc3c12. The minimum atomic E-state index is -2.31. The molecule has 194 valence electrons. The molecule has 0 aliphatic heterocycles. The first-order valence-electron chi connectivity index (χ1n) is 14.7. The van der Waals surface area contributed by atoms with E-state index < -0.39 is 12.3 Å².